The number of benzene rings is 4. The average molecular weight is 529 g/mol. The van der Waals surface area contributed by atoms with Crippen LogP contribution in [0.2, 0.25) is 0 Å². The summed E-state index contributed by atoms with van der Waals surface area (Å²) in [5.74, 6) is 0. The second-order valence-corrected chi connectivity index (χ2v) is 24.0. The third-order valence-electron chi connectivity index (χ3n) is 7.77. The molecule has 2 aliphatic carbocycles. The number of fused-ring (bicyclic) bond motifs is 2. The summed E-state index contributed by atoms with van der Waals surface area (Å²) in [6.07, 6.45) is 9.00. The van der Waals surface area contributed by atoms with Crippen LogP contribution in [0.1, 0.15) is 37.6 Å². The van der Waals surface area contributed by atoms with Gasteiger partial charge in [0.1, 0.15) is 0 Å². The molecule has 0 N–H and O–H groups in total. The predicted octanol–water partition coefficient (Wildman–Crippen LogP) is 9.68. The van der Waals surface area contributed by atoms with Crippen LogP contribution in [0, 0.1) is 0 Å². The zero-order valence-electron chi connectivity index (χ0n) is 19.5. The molecule has 0 amide bonds. The normalized spacial score (nSPS) is 18.4. The van der Waals surface area contributed by atoms with Gasteiger partial charge in [-0.05, 0) is 0 Å². The standard InChI is InChI=1S/2C15H11.C2H4.2ClH.Ti/c2*1-2-6-12(7-3-1)14-10-4-8-13-9-5-11-15(13)14;1-2;;;/h2*1-11H;1H,2H3;2*1H;/q;;;;;+2/p-2. The SMILES string of the molecule is C[CH]=[Ti]([Cl])([Cl])([CH]1C=Cc2c(-c3ccccc3)cccc21)[CH]1C=Cc2c(-c3ccccc3)cccc21. The van der Waals surface area contributed by atoms with E-state index in [4.69, 9.17) is 18.6 Å². The molecule has 0 heterocycles. The summed E-state index contributed by atoms with van der Waals surface area (Å²) < 4.78 is 2.18. The van der Waals surface area contributed by atoms with Crippen molar-refractivity contribution in [2.75, 3.05) is 0 Å². The van der Waals surface area contributed by atoms with Crippen LogP contribution in [0.25, 0.3) is 34.4 Å². The number of allylic oxidation sites excluding steroid dienone is 2. The molecular weight excluding hydrogens is 503 g/mol. The summed E-state index contributed by atoms with van der Waals surface area (Å²) in [5, 5.41) is 0. The first-order valence-electron chi connectivity index (χ1n) is 12.1. The molecule has 4 aromatic rings. The van der Waals surface area contributed by atoms with Gasteiger partial charge in [-0.1, -0.05) is 0 Å². The van der Waals surface area contributed by atoms with E-state index >= 15 is 0 Å². The third-order valence-corrected chi connectivity index (χ3v) is 20.5. The summed E-state index contributed by atoms with van der Waals surface area (Å²) in [5.41, 5.74) is 9.85. The van der Waals surface area contributed by atoms with Crippen molar-refractivity contribution in [3.63, 3.8) is 0 Å². The molecule has 0 saturated heterocycles. The predicted molar refractivity (Wildman–Crippen MR) is 151 cm³/mol. The fourth-order valence-corrected chi connectivity index (χ4v) is 14.9. The van der Waals surface area contributed by atoms with Crippen LogP contribution in [0.3, 0.4) is 0 Å². The molecule has 0 radical (unpaired) electrons. The monoisotopic (exact) mass is 528 g/mol. The van der Waals surface area contributed by atoms with Gasteiger partial charge in [0.15, 0.2) is 0 Å². The molecule has 2 unspecified atom stereocenters. The van der Waals surface area contributed by atoms with E-state index in [9.17, 15) is 0 Å². The Morgan fingerprint density at radius 2 is 1.00 bits per heavy atom. The zero-order chi connectivity index (χ0) is 24.1. The van der Waals surface area contributed by atoms with Gasteiger partial charge >= 0.3 is 217 Å². The fourth-order valence-electron chi connectivity index (χ4n) is 5.93. The van der Waals surface area contributed by atoms with Crippen LogP contribution in [0.4, 0.5) is 0 Å². The first kappa shape index (κ1) is 23.0. The van der Waals surface area contributed by atoms with E-state index in [-0.39, 0.29) is 8.45 Å². The van der Waals surface area contributed by atoms with E-state index in [0.29, 0.717) is 0 Å². The molecule has 0 nitrogen and oxygen atoms in total. The summed E-state index contributed by atoms with van der Waals surface area (Å²) >= 11 is -4.35. The van der Waals surface area contributed by atoms with Crippen LogP contribution in [-0.4, -0.2) is 4.31 Å². The van der Waals surface area contributed by atoms with Crippen molar-refractivity contribution >= 4 is 35.1 Å². The molecule has 0 fully saturated rings. The van der Waals surface area contributed by atoms with E-state index in [2.05, 4.69) is 133 Å². The Labute approximate surface area is 215 Å². The number of hydrogen-bond donors (Lipinski definition) is 0. The van der Waals surface area contributed by atoms with Crippen molar-refractivity contribution in [3.05, 3.63) is 131 Å². The maximum atomic E-state index is 7.84. The van der Waals surface area contributed by atoms with Crippen molar-refractivity contribution in [2.45, 2.75) is 15.4 Å². The van der Waals surface area contributed by atoms with Crippen LogP contribution in [0.5, 0.6) is 0 Å². The van der Waals surface area contributed by atoms with Crippen LogP contribution in [-0.2, 0) is 12.7 Å². The van der Waals surface area contributed by atoms with Crippen molar-refractivity contribution in [1.82, 2.24) is 0 Å². The van der Waals surface area contributed by atoms with Gasteiger partial charge in [0.2, 0.25) is 0 Å². The Bertz CT molecular complexity index is 1450. The number of halogens is 2. The second-order valence-electron chi connectivity index (χ2n) is 9.54. The minimum absolute atomic E-state index is 0.0000213. The Kier molecular flexibility index (Phi) is 5.62. The average Bonchev–Trinajstić information content (AvgIpc) is 3.56. The second kappa shape index (κ2) is 8.58. The molecule has 6 rings (SSSR count). The number of hydrogen-bond acceptors (Lipinski definition) is 0. The summed E-state index contributed by atoms with van der Waals surface area (Å²) in [6.45, 7) is 2.07. The first-order chi connectivity index (χ1) is 17.0. The van der Waals surface area contributed by atoms with Crippen molar-refractivity contribution in [2.24, 2.45) is 0 Å². The van der Waals surface area contributed by atoms with E-state index < -0.39 is 12.7 Å². The molecular formula is C32H26Cl2Ti. The van der Waals surface area contributed by atoms with Gasteiger partial charge in [0.05, 0.1) is 0 Å². The third kappa shape index (κ3) is 3.59. The molecule has 0 aliphatic heterocycles. The topological polar surface area (TPSA) is 0 Å². The Balaban J connectivity index is 1.48. The Hall–Kier alpha value is -2.48. The molecule has 0 aromatic heterocycles. The molecule has 0 spiro atoms. The Morgan fingerprint density at radius 3 is 1.40 bits per heavy atom. The molecule has 35 heavy (non-hydrogen) atoms. The van der Waals surface area contributed by atoms with Gasteiger partial charge in [-0.15, -0.1) is 0 Å². The zero-order valence-corrected chi connectivity index (χ0v) is 22.6. The van der Waals surface area contributed by atoms with Crippen LogP contribution in [0.15, 0.2) is 109 Å². The quantitative estimate of drug-likeness (QED) is 0.231. The minimum atomic E-state index is -4.35. The van der Waals surface area contributed by atoms with E-state index in [1.165, 1.54) is 44.5 Å². The summed E-state index contributed by atoms with van der Waals surface area (Å²) in [6, 6.07) is 34.2. The van der Waals surface area contributed by atoms with Gasteiger partial charge in [0.25, 0.3) is 0 Å². The van der Waals surface area contributed by atoms with E-state index in [0.717, 1.165) is 0 Å². The molecule has 4 aromatic carbocycles. The summed E-state index contributed by atoms with van der Waals surface area (Å²) in [7, 11) is 15.7. The summed E-state index contributed by atoms with van der Waals surface area (Å²) in [4.78, 5) is 0. The van der Waals surface area contributed by atoms with E-state index in [1.807, 2.05) is 0 Å². The van der Waals surface area contributed by atoms with Gasteiger partial charge in [-0.25, -0.2) is 0 Å². The van der Waals surface area contributed by atoms with Crippen molar-refractivity contribution in [3.8, 4) is 22.3 Å². The van der Waals surface area contributed by atoms with Gasteiger partial charge in [0, 0.05) is 0 Å². The van der Waals surface area contributed by atoms with Gasteiger partial charge < -0.3 is 0 Å². The Morgan fingerprint density at radius 1 is 0.571 bits per heavy atom. The molecule has 172 valence electrons. The van der Waals surface area contributed by atoms with Crippen molar-refractivity contribution < 1.29 is 12.7 Å². The van der Waals surface area contributed by atoms with Gasteiger partial charge in [-0.2, -0.15) is 0 Å². The van der Waals surface area contributed by atoms with Gasteiger partial charge in [-0.3, -0.25) is 0 Å². The first-order valence-corrected chi connectivity index (χ1v) is 19.1. The van der Waals surface area contributed by atoms with Crippen LogP contribution < -0.4 is 0 Å². The maximum absolute atomic E-state index is 7.84. The van der Waals surface area contributed by atoms with Crippen molar-refractivity contribution in [1.29, 1.82) is 0 Å². The molecule has 0 saturated carbocycles. The molecule has 0 bridgehead atoms. The molecule has 3 heteroatoms. The number of rotatable bonds is 4. The fraction of sp³-hybridized carbons (Fsp3) is 0.0938. The van der Waals surface area contributed by atoms with Crippen LogP contribution >= 0.6 is 18.6 Å². The van der Waals surface area contributed by atoms with E-state index in [1.54, 1.807) is 0 Å². The molecule has 2 aliphatic rings. The molecule has 2 atom stereocenters.